The van der Waals surface area contributed by atoms with Crippen molar-refractivity contribution < 1.29 is 20.4 Å². The van der Waals surface area contributed by atoms with Gasteiger partial charge in [0, 0.05) is 6.61 Å². The molecule has 0 aromatic rings. The summed E-state index contributed by atoms with van der Waals surface area (Å²) in [4.78, 5) is 0. The van der Waals surface area contributed by atoms with Crippen LogP contribution in [0.5, 0.6) is 0 Å². The molecule has 0 bridgehead atoms. The van der Waals surface area contributed by atoms with E-state index in [-0.39, 0.29) is 19.6 Å². The van der Waals surface area contributed by atoms with Gasteiger partial charge in [0.25, 0.3) is 0 Å². The molecule has 0 amide bonds. The largest absolute Gasteiger partial charge is 0.396 e. The van der Waals surface area contributed by atoms with Gasteiger partial charge in [-0.15, -0.1) is 0 Å². The van der Waals surface area contributed by atoms with Gasteiger partial charge in [0.1, 0.15) is 0 Å². The normalized spacial score (nSPS) is 17.1. The van der Waals surface area contributed by atoms with Crippen molar-refractivity contribution in [2.75, 3.05) is 13.2 Å². The van der Waals surface area contributed by atoms with Crippen LogP contribution in [0.15, 0.2) is 12.2 Å². The summed E-state index contributed by atoms with van der Waals surface area (Å²) < 4.78 is 0. The highest BCUT2D eigenvalue weighted by molar-refractivity contribution is 4.91. The molecule has 0 aliphatic rings. The highest BCUT2D eigenvalue weighted by Crippen LogP contribution is 1.99. The van der Waals surface area contributed by atoms with E-state index in [2.05, 4.69) is 0 Å². The Hall–Kier alpha value is -0.420. The van der Waals surface area contributed by atoms with Crippen LogP contribution >= 0.6 is 0 Å². The minimum Gasteiger partial charge on any atom is -0.396 e. The highest BCUT2D eigenvalue weighted by Gasteiger charge is 2.11. The maximum atomic E-state index is 9.02. The molecule has 0 aromatic carbocycles. The minimum atomic E-state index is -1.01. The molecule has 4 nitrogen and oxygen atoms in total. The standard InChI is InChI=1S/C7H14O4/c8-4-1-2-6(10)7(11)3-5-9/h1-2,6-11H,3-5H2. The lowest BCUT2D eigenvalue weighted by molar-refractivity contribution is 0.0314. The van der Waals surface area contributed by atoms with Crippen molar-refractivity contribution in [3.8, 4) is 0 Å². The van der Waals surface area contributed by atoms with Gasteiger partial charge in [-0.2, -0.15) is 0 Å². The third kappa shape index (κ3) is 4.92. The fourth-order valence-corrected chi connectivity index (χ4v) is 0.632. The van der Waals surface area contributed by atoms with Gasteiger partial charge in [-0.05, 0) is 6.42 Å². The number of rotatable bonds is 5. The summed E-state index contributed by atoms with van der Waals surface area (Å²) in [6, 6.07) is 0. The third-order valence-corrected chi connectivity index (χ3v) is 1.26. The summed E-state index contributed by atoms with van der Waals surface area (Å²) in [5, 5.41) is 34.7. The van der Waals surface area contributed by atoms with Crippen molar-refractivity contribution in [3.63, 3.8) is 0 Å². The van der Waals surface area contributed by atoms with Crippen LogP contribution in [0.25, 0.3) is 0 Å². The quantitative estimate of drug-likeness (QED) is 0.376. The molecule has 4 N–H and O–H groups in total. The number of aliphatic hydroxyl groups is 4. The Labute approximate surface area is 65.4 Å². The smallest absolute Gasteiger partial charge is 0.0981 e. The predicted molar refractivity (Wildman–Crippen MR) is 39.9 cm³/mol. The van der Waals surface area contributed by atoms with E-state index in [4.69, 9.17) is 20.4 Å². The zero-order valence-corrected chi connectivity index (χ0v) is 6.22. The molecular formula is C7H14O4. The van der Waals surface area contributed by atoms with Crippen molar-refractivity contribution >= 4 is 0 Å². The summed E-state index contributed by atoms with van der Waals surface area (Å²) in [7, 11) is 0. The zero-order valence-electron chi connectivity index (χ0n) is 6.22. The number of hydrogen-bond donors (Lipinski definition) is 4. The van der Waals surface area contributed by atoms with Crippen molar-refractivity contribution in [1.82, 2.24) is 0 Å². The van der Waals surface area contributed by atoms with Crippen molar-refractivity contribution in [2.45, 2.75) is 18.6 Å². The topological polar surface area (TPSA) is 80.9 Å². The molecule has 66 valence electrons. The van der Waals surface area contributed by atoms with E-state index in [1.54, 1.807) is 0 Å². The Balaban J connectivity index is 3.62. The van der Waals surface area contributed by atoms with Gasteiger partial charge in [-0.25, -0.2) is 0 Å². The molecule has 2 unspecified atom stereocenters. The summed E-state index contributed by atoms with van der Waals surface area (Å²) in [6.45, 7) is -0.325. The fraction of sp³-hybridized carbons (Fsp3) is 0.714. The lowest BCUT2D eigenvalue weighted by Gasteiger charge is -2.12. The average Bonchev–Trinajstić information content (AvgIpc) is 2.00. The van der Waals surface area contributed by atoms with Crippen LogP contribution in [0.2, 0.25) is 0 Å². The second kappa shape index (κ2) is 6.30. The van der Waals surface area contributed by atoms with E-state index in [0.29, 0.717) is 0 Å². The molecule has 4 heteroatoms. The second-order valence-electron chi connectivity index (χ2n) is 2.18. The Bertz CT molecular complexity index is 113. The van der Waals surface area contributed by atoms with Crippen LogP contribution < -0.4 is 0 Å². The molecule has 0 rings (SSSR count). The first-order chi connectivity index (χ1) is 5.22. The lowest BCUT2D eigenvalue weighted by atomic mass is 10.1. The Morgan fingerprint density at radius 1 is 1.18 bits per heavy atom. The molecule has 0 aliphatic carbocycles. The van der Waals surface area contributed by atoms with Gasteiger partial charge in [0.2, 0.25) is 0 Å². The minimum absolute atomic E-state index is 0.136. The van der Waals surface area contributed by atoms with Gasteiger partial charge in [-0.3, -0.25) is 0 Å². The number of aliphatic hydroxyl groups excluding tert-OH is 4. The first kappa shape index (κ1) is 10.6. The molecule has 2 atom stereocenters. The number of hydrogen-bond acceptors (Lipinski definition) is 4. The van der Waals surface area contributed by atoms with Crippen molar-refractivity contribution in [2.24, 2.45) is 0 Å². The molecule has 0 saturated heterocycles. The van der Waals surface area contributed by atoms with Crippen LogP contribution in [0.3, 0.4) is 0 Å². The maximum absolute atomic E-state index is 9.02. The molecule has 0 spiro atoms. The van der Waals surface area contributed by atoms with Gasteiger partial charge < -0.3 is 20.4 Å². The van der Waals surface area contributed by atoms with E-state index >= 15 is 0 Å². The van der Waals surface area contributed by atoms with Gasteiger partial charge >= 0.3 is 0 Å². The molecule has 0 aromatic heterocycles. The molecule has 0 fully saturated rings. The monoisotopic (exact) mass is 162 g/mol. The van der Waals surface area contributed by atoms with Crippen LogP contribution in [-0.4, -0.2) is 45.8 Å². The maximum Gasteiger partial charge on any atom is 0.0981 e. The zero-order chi connectivity index (χ0) is 8.69. The summed E-state index contributed by atoms with van der Waals surface area (Å²) >= 11 is 0. The van der Waals surface area contributed by atoms with Gasteiger partial charge in [0.05, 0.1) is 18.8 Å². The summed E-state index contributed by atoms with van der Waals surface area (Å²) in [6.07, 6.45) is 0.805. The SMILES string of the molecule is OCC=CC(O)C(O)CCO. The average molecular weight is 162 g/mol. The highest BCUT2D eigenvalue weighted by atomic mass is 16.3. The van der Waals surface area contributed by atoms with Gasteiger partial charge in [0.15, 0.2) is 0 Å². The van der Waals surface area contributed by atoms with Crippen LogP contribution in [0, 0.1) is 0 Å². The van der Waals surface area contributed by atoms with E-state index < -0.39 is 12.2 Å². The van der Waals surface area contributed by atoms with E-state index in [1.165, 1.54) is 12.2 Å². The Morgan fingerprint density at radius 3 is 2.27 bits per heavy atom. The molecular weight excluding hydrogens is 148 g/mol. The molecule has 0 aliphatic heterocycles. The van der Waals surface area contributed by atoms with E-state index in [0.717, 1.165) is 0 Å². The first-order valence-electron chi connectivity index (χ1n) is 3.47. The van der Waals surface area contributed by atoms with Crippen LogP contribution in [0.1, 0.15) is 6.42 Å². The van der Waals surface area contributed by atoms with Crippen LogP contribution in [0.4, 0.5) is 0 Å². The lowest BCUT2D eigenvalue weighted by Crippen LogP contribution is -2.24. The summed E-state index contributed by atoms with van der Waals surface area (Å²) in [5.41, 5.74) is 0. The second-order valence-corrected chi connectivity index (χ2v) is 2.18. The molecule has 0 heterocycles. The van der Waals surface area contributed by atoms with Crippen LogP contribution in [-0.2, 0) is 0 Å². The Morgan fingerprint density at radius 2 is 1.82 bits per heavy atom. The predicted octanol–water partition coefficient (Wildman–Crippen LogP) is -1.36. The third-order valence-electron chi connectivity index (χ3n) is 1.26. The van der Waals surface area contributed by atoms with Gasteiger partial charge in [-0.1, -0.05) is 12.2 Å². The Kier molecular flexibility index (Phi) is 6.06. The molecule has 11 heavy (non-hydrogen) atoms. The fourth-order valence-electron chi connectivity index (χ4n) is 0.632. The van der Waals surface area contributed by atoms with E-state index in [9.17, 15) is 0 Å². The van der Waals surface area contributed by atoms with E-state index in [1.807, 2.05) is 0 Å². The van der Waals surface area contributed by atoms with Crippen molar-refractivity contribution in [3.05, 3.63) is 12.2 Å². The molecule has 0 saturated carbocycles. The van der Waals surface area contributed by atoms with Crippen molar-refractivity contribution in [1.29, 1.82) is 0 Å². The first-order valence-corrected chi connectivity index (χ1v) is 3.47. The summed E-state index contributed by atoms with van der Waals surface area (Å²) in [5.74, 6) is 0. The molecule has 0 radical (unpaired) electrons.